The molecule has 9 N–H and O–H groups in total. The number of nitrogens with two attached hydrogens (primary N) is 2. The summed E-state index contributed by atoms with van der Waals surface area (Å²) in [4.78, 5) is 70.5. The number of thiol groups is 1. The number of carbonyl (C=O) groups excluding carboxylic acids is 4. The van der Waals surface area contributed by atoms with Gasteiger partial charge in [0.15, 0.2) is 0 Å². The van der Waals surface area contributed by atoms with Crippen LogP contribution in [0.15, 0.2) is 0 Å². The molecule has 0 radical (unpaired) electrons. The molecule has 0 rings (SSSR count). The van der Waals surface area contributed by atoms with Crippen molar-refractivity contribution in [3.05, 3.63) is 0 Å². The van der Waals surface area contributed by atoms with E-state index in [4.69, 9.17) is 16.6 Å². The molecule has 0 aromatic heterocycles. The molecule has 5 atom stereocenters. The third-order valence-corrected chi connectivity index (χ3v) is 5.05. The van der Waals surface area contributed by atoms with E-state index < -0.39 is 66.2 Å². The Hall–Kier alpha value is -2.87. The summed E-state index contributed by atoms with van der Waals surface area (Å²) in [6, 6.07) is -5.31. The van der Waals surface area contributed by atoms with Gasteiger partial charge in [-0.1, -0.05) is 20.3 Å². The van der Waals surface area contributed by atoms with Gasteiger partial charge in [-0.05, 0) is 12.3 Å². The van der Waals surface area contributed by atoms with E-state index >= 15 is 0 Å². The standard InChI is InChI=1S/C18H31N5O8S/c1-3-8(2)14(20)17(29)22-10(6-13(25)26)15(27)23-11(7-32)16(28)21-9(18(30)31)4-5-12(19)24/h8-11,14,32H,3-7,20H2,1-2H3,(H2,19,24)(H,21,28)(H,22,29)(H,23,27)(H,25,26)(H,30,31). The van der Waals surface area contributed by atoms with Crippen LogP contribution in [0.25, 0.3) is 0 Å². The first-order valence-corrected chi connectivity index (χ1v) is 10.5. The van der Waals surface area contributed by atoms with Gasteiger partial charge < -0.3 is 37.6 Å². The Bertz CT molecular complexity index is 719. The second-order valence-corrected chi connectivity index (χ2v) is 7.58. The second-order valence-electron chi connectivity index (χ2n) is 7.22. The van der Waals surface area contributed by atoms with E-state index in [0.717, 1.165) is 0 Å². The summed E-state index contributed by atoms with van der Waals surface area (Å²) >= 11 is 3.95. The molecule has 0 spiro atoms. The van der Waals surface area contributed by atoms with Gasteiger partial charge in [0.05, 0.1) is 12.5 Å². The van der Waals surface area contributed by atoms with Crippen LogP contribution in [0.5, 0.6) is 0 Å². The van der Waals surface area contributed by atoms with E-state index in [1.807, 2.05) is 6.92 Å². The van der Waals surface area contributed by atoms with Crippen LogP contribution in [0.4, 0.5) is 0 Å². The van der Waals surface area contributed by atoms with Crippen molar-refractivity contribution in [2.75, 3.05) is 5.75 Å². The van der Waals surface area contributed by atoms with Crippen LogP contribution < -0.4 is 27.4 Å². The van der Waals surface area contributed by atoms with Crippen LogP contribution in [-0.4, -0.2) is 75.7 Å². The summed E-state index contributed by atoms with van der Waals surface area (Å²) in [7, 11) is 0. The zero-order chi connectivity index (χ0) is 25.0. The summed E-state index contributed by atoms with van der Waals surface area (Å²) in [6.07, 6.45) is -0.762. The fourth-order valence-electron chi connectivity index (χ4n) is 2.45. The van der Waals surface area contributed by atoms with Crippen molar-refractivity contribution in [3.63, 3.8) is 0 Å². The smallest absolute Gasteiger partial charge is 0.326 e. The molecule has 0 aromatic carbocycles. The SMILES string of the molecule is CCC(C)C(N)C(=O)NC(CC(=O)O)C(=O)NC(CS)C(=O)NC(CCC(N)=O)C(=O)O. The molecule has 4 amide bonds. The first-order chi connectivity index (χ1) is 14.8. The third-order valence-electron chi connectivity index (χ3n) is 4.68. The van der Waals surface area contributed by atoms with E-state index in [-0.39, 0.29) is 24.5 Å². The van der Waals surface area contributed by atoms with Crippen molar-refractivity contribution < 1.29 is 39.0 Å². The number of aliphatic carboxylic acids is 2. The van der Waals surface area contributed by atoms with Crippen LogP contribution in [-0.2, 0) is 28.8 Å². The predicted octanol–water partition coefficient (Wildman–Crippen LogP) is -2.43. The van der Waals surface area contributed by atoms with Gasteiger partial charge in [0.1, 0.15) is 18.1 Å². The number of carboxylic acid groups (broad SMARTS) is 2. The van der Waals surface area contributed by atoms with Crippen molar-refractivity contribution in [2.24, 2.45) is 17.4 Å². The van der Waals surface area contributed by atoms with E-state index in [2.05, 4.69) is 28.6 Å². The van der Waals surface area contributed by atoms with Crippen molar-refractivity contribution in [1.29, 1.82) is 0 Å². The van der Waals surface area contributed by atoms with Gasteiger partial charge in [0, 0.05) is 12.2 Å². The average molecular weight is 478 g/mol. The summed E-state index contributed by atoms with van der Waals surface area (Å²) in [6.45, 7) is 3.53. The number of rotatable bonds is 15. The molecule has 0 aliphatic carbocycles. The Labute approximate surface area is 190 Å². The number of carbonyl (C=O) groups is 6. The number of primary amides is 1. The summed E-state index contributed by atoms with van der Waals surface area (Å²) < 4.78 is 0. The number of amides is 4. The molecule has 5 unspecified atom stereocenters. The molecule has 0 fully saturated rings. The maximum absolute atomic E-state index is 12.6. The van der Waals surface area contributed by atoms with Crippen LogP contribution in [0, 0.1) is 5.92 Å². The lowest BCUT2D eigenvalue weighted by atomic mass is 9.99. The first kappa shape index (κ1) is 29.1. The van der Waals surface area contributed by atoms with E-state index in [1.54, 1.807) is 6.92 Å². The first-order valence-electron chi connectivity index (χ1n) is 9.84. The van der Waals surface area contributed by atoms with Gasteiger partial charge in [-0.15, -0.1) is 0 Å². The fraction of sp³-hybridized carbons (Fsp3) is 0.667. The third kappa shape index (κ3) is 10.4. The highest BCUT2D eigenvalue weighted by Crippen LogP contribution is 2.07. The Kier molecular flexibility index (Phi) is 13.0. The van der Waals surface area contributed by atoms with E-state index in [0.29, 0.717) is 6.42 Å². The van der Waals surface area contributed by atoms with Crippen molar-refractivity contribution in [3.8, 4) is 0 Å². The van der Waals surface area contributed by atoms with Crippen LogP contribution in [0.1, 0.15) is 39.5 Å². The number of nitrogens with one attached hydrogen (secondary N) is 3. The Morgan fingerprint density at radius 3 is 1.84 bits per heavy atom. The average Bonchev–Trinajstić information content (AvgIpc) is 2.71. The normalized spacial score (nSPS) is 15.4. The summed E-state index contributed by atoms with van der Waals surface area (Å²) in [5, 5.41) is 24.9. The van der Waals surface area contributed by atoms with Crippen LogP contribution >= 0.6 is 12.6 Å². The van der Waals surface area contributed by atoms with Gasteiger partial charge in [-0.25, -0.2) is 4.79 Å². The minimum absolute atomic E-state index is 0.229. The number of carboxylic acids is 2. The second kappa shape index (κ2) is 14.2. The minimum atomic E-state index is -1.53. The lowest BCUT2D eigenvalue weighted by Crippen LogP contribution is -2.58. The maximum atomic E-state index is 12.6. The monoisotopic (exact) mass is 477 g/mol. The summed E-state index contributed by atoms with van der Waals surface area (Å²) in [5.41, 5.74) is 10.8. The van der Waals surface area contributed by atoms with Gasteiger partial charge in [0.25, 0.3) is 0 Å². The lowest BCUT2D eigenvalue weighted by Gasteiger charge is -2.24. The van der Waals surface area contributed by atoms with Crippen LogP contribution in [0.3, 0.4) is 0 Å². The van der Waals surface area contributed by atoms with Crippen molar-refractivity contribution in [2.45, 2.75) is 63.7 Å². The molecule has 0 heterocycles. The lowest BCUT2D eigenvalue weighted by molar-refractivity contribution is -0.143. The molecular weight excluding hydrogens is 446 g/mol. The molecule has 0 saturated carbocycles. The highest BCUT2D eigenvalue weighted by molar-refractivity contribution is 7.80. The van der Waals surface area contributed by atoms with Gasteiger partial charge >= 0.3 is 11.9 Å². The molecule has 0 aliphatic rings. The molecule has 32 heavy (non-hydrogen) atoms. The topological polar surface area (TPSA) is 231 Å². The highest BCUT2D eigenvalue weighted by atomic mass is 32.1. The Morgan fingerprint density at radius 2 is 1.41 bits per heavy atom. The maximum Gasteiger partial charge on any atom is 0.326 e. The van der Waals surface area contributed by atoms with Crippen molar-refractivity contribution in [1.82, 2.24) is 16.0 Å². The van der Waals surface area contributed by atoms with E-state index in [9.17, 15) is 33.9 Å². The molecule has 0 saturated heterocycles. The molecule has 0 aromatic rings. The predicted molar refractivity (Wildman–Crippen MR) is 115 cm³/mol. The molecule has 0 bridgehead atoms. The van der Waals surface area contributed by atoms with Crippen molar-refractivity contribution >= 4 is 48.2 Å². The molecule has 14 heteroatoms. The molecular formula is C18H31N5O8S. The zero-order valence-corrected chi connectivity index (χ0v) is 18.8. The number of hydrogen-bond donors (Lipinski definition) is 8. The molecule has 0 aliphatic heterocycles. The summed E-state index contributed by atoms with van der Waals surface area (Å²) in [5.74, 6) is -6.70. The quantitative estimate of drug-likeness (QED) is 0.117. The van der Waals surface area contributed by atoms with Crippen LogP contribution in [0.2, 0.25) is 0 Å². The minimum Gasteiger partial charge on any atom is -0.481 e. The zero-order valence-electron chi connectivity index (χ0n) is 17.9. The highest BCUT2D eigenvalue weighted by Gasteiger charge is 2.31. The molecule has 182 valence electrons. The Balaban J connectivity index is 5.29. The van der Waals surface area contributed by atoms with Gasteiger partial charge in [0.2, 0.25) is 23.6 Å². The Morgan fingerprint density at radius 1 is 0.906 bits per heavy atom. The molecule has 13 nitrogen and oxygen atoms in total. The van der Waals surface area contributed by atoms with Gasteiger partial charge in [-0.2, -0.15) is 12.6 Å². The number of hydrogen-bond acceptors (Lipinski definition) is 8. The fourth-order valence-corrected chi connectivity index (χ4v) is 2.70. The largest absolute Gasteiger partial charge is 0.481 e. The van der Waals surface area contributed by atoms with Gasteiger partial charge in [-0.3, -0.25) is 24.0 Å². The van der Waals surface area contributed by atoms with E-state index in [1.165, 1.54) is 0 Å².